The molecule has 0 radical (unpaired) electrons. The highest BCUT2D eigenvalue weighted by atomic mass is 35.5. The van der Waals surface area contributed by atoms with E-state index < -0.39 is 11.9 Å². The van der Waals surface area contributed by atoms with Crippen molar-refractivity contribution in [1.82, 2.24) is 24.7 Å². The first kappa shape index (κ1) is 18.1. The molecule has 0 amide bonds. The van der Waals surface area contributed by atoms with Crippen LogP contribution in [0.2, 0.25) is 5.02 Å². The molecular weight excluding hydrogens is 383 g/mol. The van der Waals surface area contributed by atoms with Crippen LogP contribution in [0.5, 0.6) is 5.75 Å². The minimum Gasteiger partial charge on any atom is -0.482 e. The lowest BCUT2D eigenvalue weighted by Crippen LogP contribution is -2.08. The average molecular weight is 399 g/mol. The molecule has 0 unspecified atom stereocenters. The van der Waals surface area contributed by atoms with E-state index >= 15 is 4.39 Å². The molecule has 0 aliphatic rings. The molecule has 4 aromatic rings. The number of ether oxygens (including phenoxy) is 1. The molecule has 0 spiro atoms. The maximum Gasteiger partial charge on any atom is 0.191 e. The van der Waals surface area contributed by atoms with E-state index in [0.717, 1.165) is 0 Å². The Balaban J connectivity index is 1.88. The SMILES string of the molecule is C[C@@H](Oc1cc(F)c(-c2cccc(Cl)c2)c2ncnc(N)c12)c1ncn(C)n1. The summed E-state index contributed by atoms with van der Waals surface area (Å²) in [6.07, 6.45) is 2.33. The molecule has 2 N–H and O–H groups in total. The quantitative estimate of drug-likeness (QED) is 0.559. The molecule has 28 heavy (non-hydrogen) atoms. The van der Waals surface area contributed by atoms with Crippen LogP contribution < -0.4 is 10.5 Å². The van der Waals surface area contributed by atoms with Gasteiger partial charge in [-0.2, -0.15) is 5.10 Å². The van der Waals surface area contributed by atoms with E-state index in [1.165, 1.54) is 12.4 Å². The molecule has 0 aliphatic heterocycles. The third kappa shape index (κ3) is 3.22. The summed E-state index contributed by atoms with van der Waals surface area (Å²) in [6, 6.07) is 8.15. The zero-order valence-electron chi connectivity index (χ0n) is 15.1. The Morgan fingerprint density at radius 3 is 2.75 bits per heavy atom. The molecule has 2 aromatic carbocycles. The maximum atomic E-state index is 15.1. The van der Waals surface area contributed by atoms with Crippen LogP contribution in [0.1, 0.15) is 18.9 Å². The molecule has 0 aliphatic carbocycles. The average Bonchev–Trinajstić information content (AvgIpc) is 3.08. The fraction of sp³-hybridized carbons (Fsp3) is 0.158. The Bertz CT molecular complexity index is 1180. The Morgan fingerprint density at radius 1 is 1.21 bits per heavy atom. The number of nitrogens with two attached hydrogens (primary N) is 1. The summed E-state index contributed by atoms with van der Waals surface area (Å²) >= 11 is 6.08. The minimum atomic E-state index is -0.527. The molecule has 9 heteroatoms. The molecule has 4 rings (SSSR count). The zero-order valence-corrected chi connectivity index (χ0v) is 15.9. The van der Waals surface area contributed by atoms with Crippen molar-refractivity contribution in [2.75, 3.05) is 5.73 Å². The number of rotatable bonds is 4. The van der Waals surface area contributed by atoms with Gasteiger partial charge in [-0.05, 0) is 24.6 Å². The Kier molecular flexibility index (Phi) is 4.56. The van der Waals surface area contributed by atoms with Crippen molar-refractivity contribution in [1.29, 1.82) is 0 Å². The van der Waals surface area contributed by atoms with Gasteiger partial charge in [0.1, 0.15) is 30.0 Å². The van der Waals surface area contributed by atoms with Gasteiger partial charge in [-0.15, -0.1) is 0 Å². The standard InChI is InChI=1S/C19H16ClFN6O/c1-10(19-25-9-27(2)26-19)28-14-7-13(21)15(11-4-3-5-12(20)6-11)17-16(14)18(22)24-8-23-17/h3-10H,1-2H3,(H2,22,23,24)/t10-/m1/s1. The Labute approximate surface area is 165 Å². The number of aromatic nitrogens is 5. The Morgan fingerprint density at radius 2 is 2.04 bits per heavy atom. The van der Waals surface area contributed by atoms with Gasteiger partial charge in [0.15, 0.2) is 11.9 Å². The highest BCUT2D eigenvalue weighted by Gasteiger charge is 2.21. The van der Waals surface area contributed by atoms with Crippen molar-refractivity contribution in [2.45, 2.75) is 13.0 Å². The summed E-state index contributed by atoms with van der Waals surface area (Å²) in [7, 11) is 1.75. The molecule has 1 atom stereocenters. The third-order valence-corrected chi connectivity index (χ3v) is 4.49. The fourth-order valence-corrected chi connectivity index (χ4v) is 3.19. The van der Waals surface area contributed by atoms with Crippen molar-refractivity contribution in [3.8, 4) is 16.9 Å². The lowest BCUT2D eigenvalue weighted by molar-refractivity contribution is 0.218. The number of halogens is 2. The summed E-state index contributed by atoms with van der Waals surface area (Å²) in [4.78, 5) is 12.5. The molecule has 142 valence electrons. The molecular formula is C19H16ClFN6O. The van der Waals surface area contributed by atoms with Crippen molar-refractivity contribution in [3.63, 3.8) is 0 Å². The van der Waals surface area contributed by atoms with E-state index in [0.29, 0.717) is 27.3 Å². The number of nitrogen functional groups attached to an aromatic ring is 1. The monoisotopic (exact) mass is 398 g/mol. The molecule has 0 saturated carbocycles. The van der Waals surface area contributed by atoms with Gasteiger partial charge >= 0.3 is 0 Å². The van der Waals surface area contributed by atoms with Crippen LogP contribution >= 0.6 is 11.6 Å². The van der Waals surface area contributed by atoms with Gasteiger partial charge in [-0.3, -0.25) is 4.68 Å². The number of hydrogen-bond acceptors (Lipinski definition) is 6. The van der Waals surface area contributed by atoms with Crippen molar-refractivity contribution in [2.24, 2.45) is 7.05 Å². The van der Waals surface area contributed by atoms with Crippen molar-refractivity contribution >= 4 is 28.3 Å². The van der Waals surface area contributed by atoms with E-state index in [9.17, 15) is 0 Å². The predicted octanol–water partition coefficient (Wildman–Crippen LogP) is 3.94. The second-order valence-electron chi connectivity index (χ2n) is 6.26. The number of hydrogen-bond donors (Lipinski definition) is 1. The smallest absolute Gasteiger partial charge is 0.191 e. The van der Waals surface area contributed by atoms with Crippen molar-refractivity contribution in [3.05, 3.63) is 59.7 Å². The number of nitrogens with zero attached hydrogens (tertiary/aromatic N) is 5. The van der Waals surface area contributed by atoms with Crippen LogP contribution in [0.15, 0.2) is 43.0 Å². The van der Waals surface area contributed by atoms with Crippen LogP contribution in [0.3, 0.4) is 0 Å². The topological polar surface area (TPSA) is 91.7 Å². The van der Waals surface area contributed by atoms with Gasteiger partial charge in [0.2, 0.25) is 0 Å². The van der Waals surface area contributed by atoms with Gasteiger partial charge in [0.05, 0.1) is 10.9 Å². The van der Waals surface area contributed by atoms with Gasteiger partial charge < -0.3 is 10.5 Å². The number of aryl methyl sites for hydroxylation is 1. The summed E-state index contributed by atoms with van der Waals surface area (Å²) in [5.74, 6) is 0.357. The van der Waals surface area contributed by atoms with E-state index in [1.807, 2.05) is 0 Å². The van der Waals surface area contributed by atoms with Crippen molar-refractivity contribution < 1.29 is 9.13 Å². The fourth-order valence-electron chi connectivity index (χ4n) is 3.00. The second-order valence-corrected chi connectivity index (χ2v) is 6.70. The molecule has 2 aromatic heterocycles. The van der Waals surface area contributed by atoms with Gasteiger partial charge in [0, 0.05) is 23.7 Å². The highest BCUT2D eigenvalue weighted by molar-refractivity contribution is 6.30. The predicted molar refractivity (Wildman–Crippen MR) is 104 cm³/mol. The molecule has 0 bridgehead atoms. The number of anilines is 1. The number of fused-ring (bicyclic) bond motifs is 1. The molecule has 0 saturated heterocycles. The molecule has 7 nitrogen and oxygen atoms in total. The van der Waals surface area contributed by atoms with Crippen LogP contribution in [-0.2, 0) is 7.05 Å². The first-order chi connectivity index (χ1) is 13.4. The summed E-state index contributed by atoms with van der Waals surface area (Å²) in [6.45, 7) is 1.77. The van der Waals surface area contributed by atoms with E-state index in [1.54, 1.807) is 49.2 Å². The van der Waals surface area contributed by atoms with Gasteiger partial charge in [-0.1, -0.05) is 23.7 Å². The van der Waals surface area contributed by atoms with E-state index in [2.05, 4.69) is 20.1 Å². The lowest BCUT2D eigenvalue weighted by atomic mass is 10.0. The normalized spacial score (nSPS) is 12.3. The van der Waals surface area contributed by atoms with Gasteiger partial charge in [0.25, 0.3) is 0 Å². The summed E-state index contributed by atoms with van der Waals surface area (Å²) in [5.41, 5.74) is 7.29. The number of benzene rings is 2. The van der Waals surface area contributed by atoms with Crippen LogP contribution in [0, 0.1) is 5.82 Å². The maximum absolute atomic E-state index is 15.1. The van der Waals surface area contributed by atoms with E-state index in [4.69, 9.17) is 22.1 Å². The largest absolute Gasteiger partial charge is 0.482 e. The first-order valence-electron chi connectivity index (χ1n) is 8.45. The summed E-state index contributed by atoms with van der Waals surface area (Å²) in [5, 5.41) is 5.12. The summed E-state index contributed by atoms with van der Waals surface area (Å²) < 4.78 is 22.6. The van der Waals surface area contributed by atoms with Crippen LogP contribution in [-0.4, -0.2) is 24.7 Å². The second kappa shape index (κ2) is 7.05. The first-order valence-corrected chi connectivity index (χ1v) is 8.82. The van der Waals surface area contributed by atoms with Crippen LogP contribution in [0.4, 0.5) is 10.2 Å². The van der Waals surface area contributed by atoms with Gasteiger partial charge in [-0.25, -0.2) is 19.3 Å². The van der Waals surface area contributed by atoms with Crippen LogP contribution in [0.25, 0.3) is 22.0 Å². The minimum absolute atomic E-state index is 0.185. The van der Waals surface area contributed by atoms with E-state index in [-0.39, 0.29) is 17.1 Å². The lowest BCUT2D eigenvalue weighted by Gasteiger charge is -2.17. The zero-order chi connectivity index (χ0) is 19.8. The third-order valence-electron chi connectivity index (χ3n) is 4.25. The highest BCUT2D eigenvalue weighted by Crippen LogP contribution is 2.39. The Hall–Kier alpha value is -3.26. The molecule has 2 heterocycles. The molecule has 0 fully saturated rings.